The molecule has 0 aromatic heterocycles. The molecule has 3 aromatic rings. The minimum absolute atomic E-state index is 0.344. The van der Waals surface area contributed by atoms with Crippen molar-refractivity contribution in [2.24, 2.45) is 4.99 Å². The number of hydrogen-bond donors (Lipinski definition) is 2. The molecule has 4 rings (SSSR count). The SMILES string of the molecule is COC(=O)/C(C)=C/c1ccc(Oc2ccccc2NC(=NC2CC2)Nc2ccccc2)cc1. The average Bonchev–Trinajstić information content (AvgIpc) is 3.65. The number of guanidine groups is 1. The maximum absolute atomic E-state index is 11.6. The monoisotopic (exact) mass is 441 g/mol. The molecule has 3 aromatic carbocycles. The first kappa shape index (κ1) is 22.1. The van der Waals surface area contributed by atoms with Crippen molar-refractivity contribution in [3.63, 3.8) is 0 Å². The maximum atomic E-state index is 11.6. The first-order valence-corrected chi connectivity index (χ1v) is 10.9. The number of esters is 1. The summed E-state index contributed by atoms with van der Waals surface area (Å²) in [6.07, 6.45) is 3.99. The van der Waals surface area contributed by atoms with Gasteiger partial charge >= 0.3 is 5.97 Å². The van der Waals surface area contributed by atoms with Gasteiger partial charge in [0.25, 0.3) is 0 Å². The molecule has 0 amide bonds. The van der Waals surface area contributed by atoms with Crippen LogP contribution < -0.4 is 15.4 Å². The second-order valence-corrected chi connectivity index (χ2v) is 7.81. The lowest BCUT2D eigenvalue weighted by Gasteiger charge is -2.16. The van der Waals surface area contributed by atoms with Crippen molar-refractivity contribution in [1.29, 1.82) is 0 Å². The Balaban J connectivity index is 1.49. The van der Waals surface area contributed by atoms with E-state index in [1.807, 2.05) is 78.9 Å². The van der Waals surface area contributed by atoms with Crippen molar-refractivity contribution in [1.82, 2.24) is 0 Å². The zero-order valence-corrected chi connectivity index (χ0v) is 18.7. The molecule has 168 valence electrons. The van der Waals surface area contributed by atoms with E-state index in [9.17, 15) is 4.79 Å². The lowest BCUT2D eigenvalue weighted by atomic mass is 10.1. The number of rotatable bonds is 7. The molecule has 1 aliphatic rings. The van der Waals surface area contributed by atoms with Crippen LogP contribution in [0.3, 0.4) is 0 Å². The molecule has 33 heavy (non-hydrogen) atoms. The summed E-state index contributed by atoms with van der Waals surface area (Å²) in [5.74, 6) is 1.72. The summed E-state index contributed by atoms with van der Waals surface area (Å²) in [6, 6.07) is 25.6. The standard InChI is InChI=1S/C27H27N3O3/c1-19(26(31)32-2)18-20-12-16-23(17-13-20)33-25-11-7-6-10-24(25)30-27(29-22-14-15-22)28-21-8-4-3-5-9-21/h3-13,16-18,22H,14-15H2,1-2H3,(H2,28,29,30)/b19-18+. The molecule has 0 unspecified atom stereocenters. The van der Waals surface area contributed by atoms with Gasteiger partial charge in [0.1, 0.15) is 5.75 Å². The van der Waals surface area contributed by atoms with Gasteiger partial charge in [-0.2, -0.15) is 0 Å². The zero-order valence-electron chi connectivity index (χ0n) is 18.7. The van der Waals surface area contributed by atoms with Crippen LogP contribution in [0.2, 0.25) is 0 Å². The Labute approximate surface area is 194 Å². The van der Waals surface area contributed by atoms with Crippen molar-refractivity contribution in [3.05, 3.63) is 90.0 Å². The lowest BCUT2D eigenvalue weighted by molar-refractivity contribution is -0.135. The number of carbonyl (C=O) groups excluding carboxylic acids is 1. The number of anilines is 2. The highest BCUT2D eigenvalue weighted by molar-refractivity contribution is 6.04. The fourth-order valence-corrected chi connectivity index (χ4v) is 3.16. The highest BCUT2D eigenvalue weighted by Gasteiger charge is 2.21. The van der Waals surface area contributed by atoms with E-state index in [2.05, 4.69) is 10.6 Å². The van der Waals surface area contributed by atoms with E-state index in [1.54, 1.807) is 13.0 Å². The molecule has 6 nitrogen and oxygen atoms in total. The van der Waals surface area contributed by atoms with E-state index in [0.717, 1.165) is 29.8 Å². The van der Waals surface area contributed by atoms with Crippen molar-refractivity contribution in [2.75, 3.05) is 17.7 Å². The first-order chi connectivity index (χ1) is 16.1. The molecule has 0 aliphatic heterocycles. The van der Waals surface area contributed by atoms with Gasteiger partial charge in [-0.15, -0.1) is 0 Å². The summed E-state index contributed by atoms with van der Waals surface area (Å²) in [6.45, 7) is 1.72. The Hall–Kier alpha value is -4.06. The van der Waals surface area contributed by atoms with Gasteiger partial charge in [-0.3, -0.25) is 0 Å². The van der Waals surface area contributed by atoms with E-state index >= 15 is 0 Å². The number of methoxy groups -OCH3 is 1. The average molecular weight is 442 g/mol. The van der Waals surface area contributed by atoms with Gasteiger partial charge < -0.3 is 20.1 Å². The fourth-order valence-electron chi connectivity index (χ4n) is 3.16. The minimum atomic E-state index is -0.344. The van der Waals surface area contributed by atoms with Crippen LogP contribution >= 0.6 is 0 Å². The first-order valence-electron chi connectivity index (χ1n) is 10.9. The van der Waals surface area contributed by atoms with Crippen LogP contribution in [0.4, 0.5) is 11.4 Å². The van der Waals surface area contributed by atoms with E-state index < -0.39 is 0 Å². The minimum Gasteiger partial charge on any atom is -0.466 e. The van der Waals surface area contributed by atoms with E-state index in [1.165, 1.54) is 7.11 Å². The van der Waals surface area contributed by atoms with Crippen LogP contribution in [-0.2, 0) is 9.53 Å². The van der Waals surface area contributed by atoms with E-state index in [-0.39, 0.29) is 5.97 Å². The van der Waals surface area contributed by atoms with Crippen LogP contribution in [0.15, 0.2) is 89.4 Å². The number of para-hydroxylation sites is 3. The molecule has 1 saturated carbocycles. The fraction of sp³-hybridized carbons (Fsp3) is 0.185. The molecule has 0 radical (unpaired) electrons. The molecule has 2 N–H and O–H groups in total. The Morgan fingerprint density at radius 2 is 1.64 bits per heavy atom. The second-order valence-electron chi connectivity index (χ2n) is 7.81. The maximum Gasteiger partial charge on any atom is 0.333 e. The van der Waals surface area contributed by atoms with Gasteiger partial charge in [-0.1, -0.05) is 42.5 Å². The van der Waals surface area contributed by atoms with Crippen LogP contribution in [0.5, 0.6) is 11.5 Å². The lowest BCUT2D eigenvalue weighted by Crippen LogP contribution is -2.23. The molecule has 0 saturated heterocycles. The number of carbonyl (C=O) groups is 1. The second kappa shape index (κ2) is 10.5. The number of benzene rings is 3. The number of ether oxygens (including phenoxy) is 2. The predicted octanol–water partition coefficient (Wildman–Crippen LogP) is 6.10. The van der Waals surface area contributed by atoms with E-state index in [0.29, 0.717) is 29.1 Å². The van der Waals surface area contributed by atoms with Crippen LogP contribution in [0, 0.1) is 0 Å². The van der Waals surface area contributed by atoms with Crippen LogP contribution in [0.1, 0.15) is 25.3 Å². The third kappa shape index (κ3) is 6.46. The molecule has 1 fully saturated rings. The third-order valence-corrected chi connectivity index (χ3v) is 5.03. The Bertz CT molecular complexity index is 1150. The summed E-state index contributed by atoms with van der Waals surface area (Å²) in [5.41, 5.74) is 3.20. The summed E-state index contributed by atoms with van der Waals surface area (Å²) in [7, 11) is 1.37. The summed E-state index contributed by atoms with van der Waals surface area (Å²) in [5, 5.41) is 6.77. The van der Waals surface area contributed by atoms with Gasteiger partial charge in [0.05, 0.1) is 18.8 Å². The number of hydrogen-bond acceptors (Lipinski definition) is 4. The van der Waals surface area contributed by atoms with Gasteiger partial charge in [-0.25, -0.2) is 9.79 Å². The molecule has 0 bridgehead atoms. The topological polar surface area (TPSA) is 72.0 Å². The molecular formula is C27H27N3O3. The van der Waals surface area contributed by atoms with Gasteiger partial charge in [0, 0.05) is 11.3 Å². The van der Waals surface area contributed by atoms with Crippen LogP contribution in [0.25, 0.3) is 6.08 Å². The smallest absolute Gasteiger partial charge is 0.333 e. The van der Waals surface area contributed by atoms with E-state index in [4.69, 9.17) is 14.5 Å². The Kier molecular flexibility index (Phi) is 7.05. The third-order valence-electron chi connectivity index (χ3n) is 5.03. The molecule has 1 aliphatic carbocycles. The summed E-state index contributed by atoms with van der Waals surface area (Å²) in [4.78, 5) is 16.4. The Morgan fingerprint density at radius 1 is 0.939 bits per heavy atom. The summed E-state index contributed by atoms with van der Waals surface area (Å²) >= 11 is 0. The van der Waals surface area contributed by atoms with Crippen molar-refractivity contribution in [3.8, 4) is 11.5 Å². The van der Waals surface area contributed by atoms with Gasteiger partial charge in [0.15, 0.2) is 5.75 Å². The number of nitrogens with zero attached hydrogens (tertiary/aromatic N) is 1. The summed E-state index contributed by atoms with van der Waals surface area (Å²) < 4.78 is 10.9. The Morgan fingerprint density at radius 3 is 2.33 bits per heavy atom. The van der Waals surface area contributed by atoms with Crippen molar-refractivity contribution >= 4 is 29.4 Å². The zero-order chi connectivity index (χ0) is 23.0. The number of nitrogens with one attached hydrogen (secondary N) is 2. The number of aliphatic imine (C=N–C) groups is 1. The molecule has 0 spiro atoms. The molecule has 6 heteroatoms. The quantitative estimate of drug-likeness (QED) is 0.201. The highest BCUT2D eigenvalue weighted by Crippen LogP contribution is 2.30. The molecule has 0 atom stereocenters. The van der Waals surface area contributed by atoms with Crippen LogP contribution in [-0.4, -0.2) is 25.1 Å². The normalized spacial score (nSPS) is 13.9. The van der Waals surface area contributed by atoms with Gasteiger partial charge in [0.2, 0.25) is 5.96 Å². The van der Waals surface area contributed by atoms with Crippen molar-refractivity contribution in [2.45, 2.75) is 25.8 Å². The van der Waals surface area contributed by atoms with Crippen molar-refractivity contribution < 1.29 is 14.3 Å². The van der Waals surface area contributed by atoms with Gasteiger partial charge in [-0.05, 0) is 67.8 Å². The molecule has 0 heterocycles. The largest absolute Gasteiger partial charge is 0.466 e. The molecular weight excluding hydrogens is 414 g/mol. The predicted molar refractivity (Wildman–Crippen MR) is 133 cm³/mol. The highest BCUT2D eigenvalue weighted by atomic mass is 16.5.